The van der Waals surface area contributed by atoms with Gasteiger partial charge in [0.2, 0.25) is 0 Å². The van der Waals surface area contributed by atoms with Gasteiger partial charge in [0.05, 0.1) is 11.2 Å². The lowest BCUT2D eigenvalue weighted by atomic mass is 9.83. The van der Waals surface area contributed by atoms with E-state index in [9.17, 15) is 0 Å². The molecule has 16 aromatic carbocycles. The number of aromatic nitrogens is 2. The Morgan fingerprint density at radius 1 is 0.196 bits per heavy atom. The van der Waals surface area contributed by atoms with Crippen molar-refractivity contribution in [1.29, 1.82) is 0 Å². The Morgan fingerprint density at radius 2 is 0.670 bits per heavy atom. The first-order valence-corrected chi connectivity index (χ1v) is 33.1. The molecule has 0 unspecified atom stereocenters. The molecule has 5 heterocycles. The number of pyridine rings is 2. The van der Waals surface area contributed by atoms with E-state index in [0.717, 1.165) is 203 Å². The number of hydrogen-bond donors (Lipinski definition) is 0. The van der Waals surface area contributed by atoms with Crippen molar-refractivity contribution < 1.29 is 13.3 Å². The molecule has 0 fully saturated rings. The molecule has 0 aliphatic rings. The first kappa shape index (κ1) is 53.5. The maximum absolute atomic E-state index is 7.01. The summed E-state index contributed by atoms with van der Waals surface area (Å²) in [5, 5.41) is 21.4. The van der Waals surface area contributed by atoms with Gasteiger partial charge in [0.15, 0.2) is 0 Å². The standard InChI is InChI=1S/C92H52N2O3/c1-2-17-54-46-55(31-30-53(54)16-1)56-32-39-73-77(47-56)87(69-23-6-8-25-71(69)89(73)90-63-19-4-3-18-57(63)49-79-65-21-10-12-29-82(65)97-92(79)90)61-35-38-67-76-48-58(36-43-83(76)96-85(67)52-61)62-41-42-75(91-74(62)26-15-45-94-91)88-70-24-7-5-22-68(70)86(78-50-59(33-40-72(78)88)80-27-13-14-44-93-80)60-34-37-66-64-20-9-11-28-81(64)95-84(66)51-60/h1-52H. The summed E-state index contributed by atoms with van der Waals surface area (Å²) in [6.07, 6.45) is 3.79. The molecule has 21 aromatic rings. The highest BCUT2D eigenvalue weighted by Crippen LogP contribution is 2.52. The van der Waals surface area contributed by atoms with E-state index < -0.39 is 0 Å². The molecule has 21 rings (SSSR count). The van der Waals surface area contributed by atoms with E-state index in [4.69, 9.17) is 23.2 Å². The highest BCUT2D eigenvalue weighted by molar-refractivity contribution is 6.30. The van der Waals surface area contributed by atoms with Gasteiger partial charge < -0.3 is 13.3 Å². The van der Waals surface area contributed by atoms with Crippen LogP contribution >= 0.6 is 0 Å². The van der Waals surface area contributed by atoms with Crippen LogP contribution in [0.15, 0.2) is 329 Å². The van der Waals surface area contributed by atoms with Crippen LogP contribution < -0.4 is 0 Å². The number of hydrogen-bond acceptors (Lipinski definition) is 5. The molecule has 5 heteroatoms. The number of rotatable bonds is 7. The van der Waals surface area contributed by atoms with E-state index in [2.05, 4.69) is 285 Å². The van der Waals surface area contributed by atoms with Crippen LogP contribution in [0.25, 0.3) is 219 Å². The normalized spacial score (nSPS) is 12.1. The summed E-state index contributed by atoms with van der Waals surface area (Å²) < 4.78 is 20.6. The summed E-state index contributed by atoms with van der Waals surface area (Å²) in [6, 6.07) is 110. The average molecular weight is 1230 g/mol. The Bertz CT molecular complexity index is 6950. The van der Waals surface area contributed by atoms with Crippen LogP contribution in [0.4, 0.5) is 0 Å². The van der Waals surface area contributed by atoms with Crippen molar-refractivity contribution >= 4 is 141 Å². The minimum atomic E-state index is 0.822. The summed E-state index contributed by atoms with van der Waals surface area (Å²) in [6.45, 7) is 0. The highest BCUT2D eigenvalue weighted by Gasteiger charge is 2.26. The monoisotopic (exact) mass is 1230 g/mol. The lowest BCUT2D eigenvalue weighted by Gasteiger charge is -2.20. The third kappa shape index (κ3) is 8.13. The highest BCUT2D eigenvalue weighted by atomic mass is 16.3. The van der Waals surface area contributed by atoms with Gasteiger partial charge in [0.1, 0.15) is 33.5 Å². The Balaban J connectivity index is 0.737. The van der Waals surface area contributed by atoms with Crippen LogP contribution in [0.2, 0.25) is 0 Å². The number of fused-ring (bicyclic) bond motifs is 16. The third-order valence-electron chi connectivity index (χ3n) is 20.5. The molecule has 0 saturated carbocycles. The molecular formula is C92H52N2O3. The number of furan rings is 3. The Kier molecular flexibility index (Phi) is 11.5. The minimum Gasteiger partial charge on any atom is -0.456 e. The molecule has 0 bridgehead atoms. The zero-order chi connectivity index (χ0) is 63.4. The molecule has 448 valence electrons. The predicted molar refractivity (Wildman–Crippen MR) is 404 cm³/mol. The van der Waals surface area contributed by atoms with Crippen LogP contribution in [0.3, 0.4) is 0 Å². The van der Waals surface area contributed by atoms with Gasteiger partial charge in [-0.3, -0.25) is 9.97 Å². The summed E-state index contributed by atoms with van der Waals surface area (Å²) in [5.74, 6) is 0. The fraction of sp³-hybridized carbons (Fsp3) is 0. The third-order valence-corrected chi connectivity index (χ3v) is 20.5. The van der Waals surface area contributed by atoms with Crippen LogP contribution in [-0.4, -0.2) is 9.97 Å². The maximum Gasteiger partial charge on any atom is 0.143 e. The van der Waals surface area contributed by atoms with E-state index in [0.29, 0.717) is 0 Å². The molecule has 5 aromatic heterocycles. The minimum absolute atomic E-state index is 0.822. The fourth-order valence-electron chi connectivity index (χ4n) is 16.2. The van der Waals surface area contributed by atoms with E-state index in [-0.39, 0.29) is 0 Å². The van der Waals surface area contributed by atoms with Crippen molar-refractivity contribution in [2.75, 3.05) is 0 Å². The zero-order valence-electron chi connectivity index (χ0n) is 52.1. The molecular weight excluding hydrogens is 1180 g/mol. The van der Waals surface area contributed by atoms with E-state index in [1.165, 1.54) is 16.2 Å². The molecule has 0 aliphatic carbocycles. The topological polar surface area (TPSA) is 65.2 Å². The van der Waals surface area contributed by atoms with Crippen molar-refractivity contribution in [2.45, 2.75) is 0 Å². The molecule has 5 nitrogen and oxygen atoms in total. The number of nitrogens with zero attached hydrogens (tertiary/aromatic N) is 2. The Morgan fingerprint density at radius 3 is 1.40 bits per heavy atom. The zero-order valence-corrected chi connectivity index (χ0v) is 52.1. The van der Waals surface area contributed by atoms with Gasteiger partial charge >= 0.3 is 0 Å². The molecule has 0 aliphatic heterocycles. The van der Waals surface area contributed by atoms with Gasteiger partial charge in [0, 0.05) is 72.4 Å². The summed E-state index contributed by atoms with van der Waals surface area (Å²) >= 11 is 0. The molecule has 0 saturated heterocycles. The SMILES string of the molecule is c1ccc(-c2ccc3c(-c4ccc(-c5ccc6oc7cc(-c8c9ccccc9c(-c9c%10ccccc%10cc%10c9oc9ccccc9%10)c9ccc(-c%10ccc%11ccccc%11c%10)cc89)ccc7c6c5)c5cccnc45)c4ccccc4c(-c4ccc5c(c4)oc4ccccc45)c3c2)nc1. The largest absolute Gasteiger partial charge is 0.456 e. The van der Waals surface area contributed by atoms with E-state index >= 15 is 0 Å². The number of para-hydroxylation sites is 2. The van der Waals surface area contributed by atoms with Crippen molar-refractivity contribution in [3.05, 3.63) is 316 Å². The lowest BCUT2D eigenvalue weighted by molar-refractivity contribution is 0.668. The van der Waals surface area contributed by atoms with Crippen molar-refractivity contribution in [2.24, 2.45) is 0 Å². The smallest absolute Gasteiger partial charge is 0.143 e. The van der Waals surface area contributed by atoms with Gasteiger partial charge in [0.25, 0.3) is 0 Å². The van der Waals surface area contributed by atoms with Crippen molar-refractivity contribution in [1.82, 2.24) is 9.97 Å². The van der Waals surface area contributed by atoms with Gasteiger partial charge in [-0.05, 0) is 206 Å². The first-order valence-electron chi connectivity index (χ1n) is 33.1. The second-order valence-electron chi connectivity index (χ2n) is 25.7. The summed E-state index contributed by atoms with van der Waals surface area (Å²) in [7, 11) is 0. The number of benzene rings is 16. The molecule has 97 heavy (non-hydrogen) atoms. The predicted octanol–water partition coefficient (Wildman–Crippen LogP) is 25.9. The van der Waals surface area contributed by atoms with Gasteiger partial charge in [-0.1, -0.05) is 212 Å². The lowest BCUT2D eigenvalue weighted by Crippen LogP contribution is -1.94. The average Bonchev–Trinajstić information content (AvgIpc) is 1.68. The molecule has 0 radical (unpaired) electrons. The summed E-state index contributed by atoms with van der Waals surface area (Å²) in [5.41, 5.74) is 21.4. The summed E-state index contributed by atoms with van der Waals surface area (Å²) in [4.78, 5) is 10.1. The Hall–Kier alpha value is -13.0. The molecule has 0 amide bonds. The van der Waals surface area contributed by atoms with Crippen molar-refractivity contribution in [3.8, 4) is 78.0 Å². The maximum atomic E-state index is 7.01. The van der Waals surface area contributed by atoms with Crippen molar-refractivity contribution in [3.63, 3.8) is 0 Å². The second kappa shape index (κ2) is 20.8. The van der Waals surface area contributed by atoms with Crippen LogP contribution in [0.1, 0.15) is 0 Å². The molecule has 0 N–H and O–H groups in total. The molecule has 0 atom stereocenters. The van der Waals surface area contributed by atoms with Gasteiger partial charge in [-0.25, -0.2) is 0 Å². The first-order chi connectivity index (χ1) is 48.1. The molecule has 0 spiro atoms. The van der Waals surface area contributed by atoms with Gasteiger partial charge in [-0.2, -0.15) is 0 Å². The fourth-order valence-corrected chi connectivity index (χ4v) is 16.2. The van der Waals surface area contributed by atoms with Crippen LogP contribution in [0.5, 0.6) is 0 Å². The van der Waals surface area contributed by atoms with Crippen LogP contribution in [-0.2, 0) is 0 Å². The van der Waals surface area contributed by atoms with Gasteiger partial charge in [-0.15, -0.1) is 0 Å². The quantitative estimate of drug-likeness (QED) is 0.149. The van der Waals surface area contributed by atoms with E-state index in [1.54, 1.807) is 0 Å². The Labute approximate surface area is 555 Å². The second-order valence-corrected chi connectivity index (χ2v) is 25.7. The van der Waals surface area contributed by atoms with Crippen LogP contribution in [0, 0.1) is 0 Å². The van der Waals surface area contributed by atoms with E-state index in [1.807, 2.05) is 30.6 Å².